The van der Waals surface area contributed by atoms with E-state index in [1.807, 2.05) is 0 Å². The Balaban J connectivity index is 1.95. The molecule has 1 aliphatic carbocycles. The molecule has 0 bridgehead atoms. The summed E-state index contributed by atoms with van der Waals surface area (Å²) in [6.45, 7) is 16.0. The minimum Gasteiger partial charge on any atom is -0.317 e. The lowest BCUT2D eigenvalue weighted by Crippen LogP contribution is -2.46. The molecule has 0 aromatic rings. The van der Waals surface area contributed by atoms with Gasteiger partial charge in [-0.3, -0.25) is 0 Å². The molecule has 1 N–H and O–H groups in total. The molecule has 2 heteroatoms. The summed E-state index contributed by atoms with van der Waals surface area (Å²) in [5.41, 5.74) is 0.475. The van der Waals surface area contributed by atoms with Crippen molar-refractivity contribution in [3.8, 4) is 0 Å². The van der Waals surface area contributed by atoms with E-state index in [0.717, 1.165) is 29.7 Å². The van der Waals surface area contributed by atoms with E-state index in [1.165, 1.54) is 38.9 Å². The van der Waals surface area contributed by atoms with Crippen molar-refractivity contribution >= 4 is 0 Å². The smallest absolute Gasteiger partial charge is 0.0105 e. The molecule has 20 heavy (non-hydrogen) atoms. The molecular weight excluding hydrogens is 244 g/mol. The van der Waals surface area contributed by atoms with Crippen molar-refractivity contribution in [2.75, 3.05) is 26.7 Å². The van der Waals surface area contributed by atoms with Gasteiger partial charge in [0, 0.05) is 25.7 Å². The highest BCUT2D eigenvalue weighted by Gasteiger charge is 2.37. The maximum absolute atomic E-state index is 3.60. The van der Waals surface area contributed by atoms with Gasteiger partial charge in [0.05, 0.1) is 0 Å². The van der Waals surface area contributed by atoms with Crippen LogP contribution in [0.4, 0.5) is 0 Å². The number of hydrogen-bond acceptors (Lipinski definition) is 2. The van der Waals surface area contributed by atoms with Crippen molar-refractivity contribution in [2.24, 2.45) is 29.1 Å². The van der Waals surface area contributed by atoms with Gasteiger partial charge in [-0.05, 0) is 55.4 Å². The third-order valence-corrected chi connectivity index (χ3v) is 6.13. The van der Waals surface area contributed by atoms with Crippen LogP contribution in [0.15, 0.2) is 0 Å². The van der Waals surface area contributed by atoms with Gasteiger partial charge in [0.25, 0.3) is 0 Å². The SMILES string of the molecule is CNC1CCC(C(C)(C)C)CC1CN1CC(C)C(C)C1. The number of likely N-dealkylation sites (tertiary alicyclic amines) is 1. The van der Waals surface area contributed by atoms with E-state index in [0.29, 0.717) is 5.41 Å². The van der Waals surface area contributed by atoms with Gasteiger partial charge in [-0.15, -0.1) is 0 Å². The van der Waals surface area contributed by atoms with Crippen LogP contribution in [0.2, 0.25) is 0 Å². The molecule has 1 saturated carbocycles. The summed E-state index contributed by atoms with van der Waals surface area (Å²) in [7, 11) is 2.16. The van der Waals surface area contributed by atoms with E-state index in [2.05, 4.69) is 51.9 Å². The van der Waals surface area contributed by atoms with E-state index in [1.54, 1.807) is 0 Å². The molecule has 2 fully saturated rings. The number of nitrogens with one attached hydrogen (secondary N) is 1. The summed E-state index contributed by atoms with van der Waals surface area (Å²) in [4.78, 5) is 2.73. The first-order valence-corrected chi connectivity index (χ1v) is 8.71. The molecule has 0 aromatic heterocycles. The molecule has 118 valence electrons. The molecule has 0 radical (unpaired) electrons. The Bertz CT molecular complexity index is 297. The highest BCUT2D eigenvalue weighted by atomic mass is 15.2. The highest BCUT2D eigenvalue weighted by Crippen LogP contribution is 2.41. The van der Waals surface area contributed by atoms with Crippen LogP contribution in [-0.2, 0) is 0 Å². The lowest BCUT2D eigenvalue weighted by atomic mass is 9.67. The second-order valence-electron chi connectivity index (χ2n) is 8.70. The van der Waals surface area contributed by atoms with Crippen molar-refractivity contribution in [1.82, 2.24) is 10.2 Å². The minimum absolute atomic E-state index is 0.475. The third-order valence-electron chi connectivity index (χ3n) is 6.13. The molecule has 5 unspecified atom stereocenters. The van der Waals surface area contributed by atoms with Gasteiger partial charge in [-0.1, -0.05) is 34.6 Å². The molecule has 0 aromatic carbocycles. The normalized spacial score (nSPS) is 40.2. The average Bonchev–Trinajstić information content (AvgIpc) is 2.67. The average molecular weight is 280 g/mol. The van der Waals surface area contributed by atoms with E-state index >= 15 is 0 Å². The van der Waals surface area contributed by atoms with Crippen LogP contribution in [0, 0.1) is 29.1 Å². The Morgan fingerprint density at radius 1 is 1.05 bits per heavy atom. The first kappa shape index (κ1) is 16.3. The Kier molecular flexibility index (Phi) is 5.18. The summed E-state index contributed by atoms with van der Waals surface area (Å²) >= 11 is 0. The molecule has 0 amide bonds. The zero-order valence-electron chi connectivity index (χ0n) is 14.6. The molecule has 1 aliphatic heterocycles. The summed E-state index contributed by atoms with van der Waals surface area (Å²) in [6, 6.07) is 0.736. The summed E-state index contributed by atoms with van der Waals surface area (Å²) in [5, 5.41) is 3.60. The number of hydrogen-bond donors (Lipinski definition) is 1. The maximum Gasteiger partial charge on any atom is 0.0105 e. The van der Waals surface area contributed by atoms with E-state index in [-0.39, 0.29) is 0 Å². The van der Waals surface area contributed by atoms with Crippen LogP contribution in [0.5, 0.6) is 0 Å². The fourth-order valence-corrected chi connectivity index (χ4v) is 4.36. The van der Waals surface area contributed by atoms with Crippen LogP contribution >= 0.6 is 0 Å². The molecule has 5 atom stereocenters. The van der Waals surface area contributed by atoms with Gasteiger partial charge in [0.15, 0.2) is 0 Å². The minimum atomic E-state index is 0.475. The summed E-state index contributed by atoms with van der Waals surface area (Å²) in [5.74, 6) is 3.50. The van der Waals surface area contributed by atoms with Crippen molar-refractivity contribution in [3.05, 3.63) is 0 Å². The van der Waals surface area contributed by atoms with E-state index in [4.69, 9.17) is 0 Å². The molecule has 1 saturated heterocycles. The second-order valence-corrected chi connectivity index (χ2v) is 8.70. The van der Waals surface area contributed by atoms with Crippen molar-refractivity contribution in [3.63, 3.8) is 0 Å². The van der Waals surface area contributed by atoms with Gasteiger partial charge in [0.2, 0.25) is 0 Å². The molecule has 2 nitrogen and oxygen atoms in total. The quantitative estimate of drug-likeness (QED) is 0.849. The third kappa shape index (κ3) is 3.76. The van der Waals surface area contributed by atoms with E-state index < -0.39 is 0 Å². The van der Waals surface area contributed by atoms with Gasteiger partial charge in [-0.2, -0.15) is 0 Å². The lowest BCUT2D eigenvalue weighted by molar-refractivity contribution is 0.0945. The molecule has 0 spiro atoms. The van der Waals surface area contributed by atoms with Crippen LogP contribution in [-0.4, -0.2) is 37.6 Å². The lowest BCUT2D eigenvalue weighted by Gasteiger charge is -2.43. The maximum atomic E-state index is 3.60. The first-order valence-electron chi connectivity index (χ1n) is 8.71. The molecule has 2 rings (SSSR count). The monoisotopic (exact) mass is 280 g/mol. The Hall–Kier alpha value is -0.0800. The highest BCUT2D eigenvalue weighted by molar-refractivity contribution is 4.91. The molecular formula is C18H36N2. The van der Waals surface area contributed by atoms with Crippen LogP contribution in [0.25, 0.3) is 0 Å². The molecule has 1 heterocycles. The van der Waals surface area contributed by atoms with Crippen molar-refractivity contribution in [2.45, 2.75) is 59.9 Å². The zero-order valence-corrected chi connectivity index (χ0v) is 14.6. The Morgan fingerprint density at radius 2 is 1.65 bits per heavy atom. The van der Waals surface area contributed by atoms with Crippen molar-refractivity contribution < 1.29 is 0 Å². The largest absolute Gasteiger partial charge is 0.317 e. The predicted molar refractivity (Wildman–Crippen MR) is 87.9 cm³/mol. The van der Waals surface area contributed by atoms with Crippen molar-refractivity contribution in [1.29, 1.82) is 0 Å². The van der Waals surface area contributed by atoms with Gasteiger partial charge < -0.3 is 10.2 Å². The van der Waals surface area contributed by atoms with Crippen LogP contribution in [0.3, 0.4) is 0 Å². The summed E-state index contributed by atoms with van der Waals surface area (Å²) in [6.07, 6.45) is 4.18. The van der Waals surface area contributed by atoms with Gasteiger partial charge in [-0.25, -0.2) is 0 Å². The first-order chi connectivity index (χ1) is 9.31. The second kappa shape index (κ2) is 6.36. The topological polar surface area (TPSA) is 15.3 Å². The Labute approximate surface area is 126 Å². The standard InChI is InChI=1S/C18H36N2/c1-13-10-20(11-14(13)2)12-15-9-16(18(3,4)5)7-8-17(15)19-6/h13-17,19H,7-12H2,1-6H3. The number of rotatable bonds is 3. The Morgan fingerprint density at radius 3 is 2.15 bits per heavy atom. The fourth-order valence-electron chi connectivity index (χ4n) is 4.36. The van der Waals surface area contributed by atoms with Crippen LogP contribution in [0.1, 0.15) is 53.9 Å². The van der Waals surface area contributed by atoms with Gasteiger partial charge in [0.1, 0.15) is 0 Å². The molecule has 2 aliphatic rings. The fraction of sp³-hybridized carbons (Fsp3) is 1.00. The zero-order chi connectivity index (χ0) is 14.9. The number of nitrogens with zero attached hydrogens (tertiary/aromatic N) is 1. The summed E-state index contributed by atoms with van der Waals surface area (Å²) < 4.78 is 0. The predicted octanol–water partition coefficient (Wildman–Crippen LogP) is 3.62. The van der Waals surface area contributed by atoms with E-state index in [9.17, 15) is 0 Å². The van der Waals surface area contributed by atoms with Gasteiger partial charge >= 0.3 is 0 Å². The van der Waals surface area contributed by atoms with Crippen LogP contribution < -0.4 is 5.32 Å².